The number of hydrogen-bond acceptors (Lipinski definition) is 6. The van der Waals surface area contributed by atoms with E-state index in [1.54, 1.807) is 13.8 Å². The zero-order valence-corrected chi connectivity index (χ0v) is 19.3. The molecule has 4 rings (SSSR count). The molecule has 2 aliphatic rings. The normalized spacial score (nSPS) is 21.7. The molecule has 2 aromatic carbocycles. The molecule has 0 aliphatic carbocycles. The SMILES string of the molecule is C[C@@H](C(=O)N1C(=O)OC[C@@H]1Cc1ccccc1)[C@@H](C)C(=O)N1C(=O)OC[C@@H]1Cc1ccccc1. The molecule has 0 bridgehead atoms. The van der Waals surface area contributed by atoms with E-state index in [0.717, 1.165) is 20.9 Å². The van der Waals surface area contributed by atoms with Gasteiger partial charge in [-0.05, 0) is 24.0 Å². The highest BCUT2D eigenvalue weighted by Gasteiger charge is 2.45. The summed E-state index contributed by atoms with van der Waals surface area (Å²) in [5.41, 5.74) is 1.95. The van der Waals surface area contributed by atoms with E-state index in [2.05, 4.69) is 0 Å². The monoisotopic (exact) mass is 464 g/mol. The predicted octanol–water partition coefficient (Wildman–Crippen LogP) is 3.44. The fourth-order valence-electron chi connectivity index (χ4n) is 4.40. The van der Waals surface area contributed by atoms with Crippen molar-refractivity contribution in [3.8, 4) is 0 Å². The topological polar surface area (TPSA) is 93.2 Å². The number of rotatable bonds is 7. The van der Waals surface area contributed by atoms with Gasteiger partial charge in [0.1, 0.15) is 13.2 Å². The average Bonchev–Trinajstić information content (AvgIpc) is 3.40. The van der Waals surface area contributed by atoms with Crippen LogP contribution < -0.4 is 0 Å². The lowest BCUT2D eigenvalue weighted by molar-refractivity contribution is -0.143. The van der Waals surface area contributed by atoms with Gasteiger partial charge in [0, 0.05) is 11.8 Å². The summed E-state index contributed by atoms with van der Waals surface area (Å²) in [5.74, 6) is -2.64. The van der Waals surface area contributed by atoms with Gasteiger partial charge in [0.25, 0.3) is 0 Å². The number of ether oxygens (including phenoxy) is 2. The third-order valence-electron chi connectivity index (χ3n) is 6.55. The number of carbonyl (C=O) groups is 4. The predicted molar refractivity (Wildman–Crippen MR) is 123 cm³/mol. The van der Waals surface area contributed by atoms with E-state index in [-0.39, 0.29) is 13.2 Å². The third-order valence-corrected chi connectivity index (χ3v) is 6.55. The Morgan fingerprint density at radius 1 is 0.735 bits per heavy atom. The lowest BCUT2D eigenvalue weighted by Crippen LogP contribution is -2.49. The Bertz CT molecular complexity index is 972. The van der Waals surface area contributed by atoms with Gasteiger partial charge in [-0.3, -0.25) is 9.59 Å². The number of imide groups is 2. The van der Waals surface area contributed by atoms with Gasteiger partial charge in [-0.1, -0.05) is 74.5 Å². The minimum atomic E-state index is -0.831. The van der Waals surface area contributed by atoms with Crippen LogP contribution in [0.2, 0.25) is 0 Å². The summed E-state index contributed by atoms with van der Waals surface area (Å²) in [6, 6.07) is 18.2. The first-order valence-corrected chi connectivity index (χ1v) is 11.4. The summed E-state index contributed by atoms with van der Waals surface area (Å²) in [6.45, 7) is 3.41. The van der Waals surface area contributed by atoms with Gasteiger partial charge in [0.05, 0.1) is 12.1 Å². The molecule has 8 nitrogen and oxygen atoms in total. The van der Waals surface area contributed by atoms with Crippen LogP contribution >= 0.6 is 0 Å². The van der Waals surface area contributed by atoms with Gasteiger partial charge in [-0.15, -0.1) is 0 Å². The lowest BCUT2D eigenvalue weighted by Gasteiger charge is -2.28. The average molecular weight is 465 g/mol. The van der Waals surface area contributed by atoms with Crippen molar-refractivity contribution in [1.29, 1.82) is 0 Å². The van der Waals surface area contributed by atoms with Crippen LogP contribution in [-0.4, -0.2) is 59.1 Å². The molecule has 2 saturated heterocycles. The van der Waals surface area contributed by atoms with Crippen LogP contribution in [0.4, 0.5) is 9.59 Å². The second kappa shape index (κ2) is 10.1. The largest absolute Gasteiger partial charge is 0.447 e. The Morgan fingerprint density at radius 2 is 1.09 bits per heavy atom. The van der Waals surface area contributed by atoms with Gasteiger partial charge in [-0.2, -0.15) is 0 Å². The summed E-state index contributed by atoms with van der Waals surface area (Å²) < 4.78 is 10.3. The first kappa shape index (κ1) is 23.5. The maximum Gasteiger partial charge on any atom is 0.416 e. The van der Waals surface area contributed by atoms with Crippen LogP contribution in [0.25, 0.3) is 0 Å². The Balaban J connectivity index is 1.46. The van der Waals surface area contributed by atoms with Crippen molar-refractivity contribution in [2.45, 2.75) is 38.8 Å². The maximum absolute atomic E-state index is 13.3. The minimum absolute atomic E-state index is 0.103. The van der Waals surface area contributed by atoms with Crippen molar-refractivity contribution >= 4 is 24.0 Å². The van der Waals surface area contributed by atoms with Crippen molar-refractivity contribution in [2.75, 3.05) is 13.2 Å². The van der Waals surface area contributed by atoms with Crippen LogP contribution in [0.3, 0.4) is 0 Å². The van der Waals surface area contributed by atoms with Gasteiger partial charge < -0.3 is 9.47 Å². The molecule has 0 radical (unpaired) electrons. The molecule has 0 spiro atoms. The molecule has 0 aromatic heterocycles. The number of nitrogens with zero attached hydrogens (tertiary/aromatic N) is 2. The number of cyclic esters (lactones) is 2. The van der Waals surface area contributed by atoms with E-state index in [9.17, 15) is 19.2 Å². The molecule has 4 atom stereocenters. The Kier molecular flexibility index (Phi) is 6.95. The third kappa shape index (κ3) is 4.81. The molecule has 0 unspecified atom stereocenters. The van der Waals surface area contributed by atoms with Crippen LogP contribution in [0, 0.1) is 11.8 Å². The van der Waals surface area contributed by atoms with Crippen LogP contribution in [0.5, 0.6) is 0 Å². The van der Waals surface area contributed by atoms with Crippen LogP contribution in [-0.2, 0) is 31.9 Å². The molecule has 178 valence electrons. The van der Waals surface area contributed by atoms with Crippen molar-refractivity contribution < 1.29 is 28.7 Å². The van der Waals surface area contributed by atoms with Crippen molar-refractivity contribution in [3.05, 3.63) is 71.8 Å². The molecular weight excluding hydrogens is 436 g/mol. The Hall–Kier alpha value is -3.68. The Labute approximate surface area is 198 Å². The quantitative estimate of drug-likeness (QED) is 0.623. The first-order valence-electron chi connectivity index (χ1n) is 11.4. The fourth-order valence-corrected chi connectivity index (χ4v) is 4.40. The zero-order chi connectivity index (χ0) is 24.2. The maximum atomic E-state index is 13.3. The number of amides is 4. The summed E-state index contributed by atoms with van der Waals surface area (Å²) in [7, 11) is 0. The number of benzene rings is 2. The molecular formula is C26H28N2O6. The molecule has 2 fully saturated rings. The molecule has 34 heavy (non-hydrogen) atoms. The smallest absolute Gasteiger partial charge is 0.416 e. The molecule has 2 aromatic rings. The number of hydrogen-bond donors (Lipinski definition) is 0. The van der Waals surface area contributed by atoms with Gasteiger partial charge in [-0.25, -0.2) is 19.4 Å². The molecule has 0 saturated carbocycles. The first-order chi connectivity index (χ1) is 16.4. The highest BCUT2D eigenvalue weighted by molar-refractivity contribution is 6.00. The Morgan fingerprint density at radius 3 is 1.44 bits per heavy atom. The summed E-state index contributed by atoms with van der Waals surface area (Å²) >= 11 is 0. The minimum Gasteiger partial charge on any atom is -0.447 e. The van der Waals surface area contributed by atoms with Gasteiger partial charge in [0.2, 0.25) is 11.8 Å². The van der Waals surface area contributed by atoms with Gasteiger partial charge >= 0.3 is 12.2 Å². The van der Waals surface area contributed by atoms with Crippen molar-refractivity contribution in [3.63, 3.8) is 0 Å². The second-order valence-electron chi connectivity index (χ2n) is 8.83. The molecule has 4 amide bonds. The van der Waals surface area contributed by atoms with E-state index in [1.807, 2.05) is 60.7 Å². The summed E-state index contributed by atoms with van der Waals surface area (Å²) in [5, 5.41) is 0. The molecule has 2 aliphatic heterocycles. The van der Waals surface area contributed by atoms with E-state index < -0.39 is 47.9 Å². The summed E-state index contributed by atoms with van der Waals surface area (Å²) in [6.07, 6.45) is -0.490. The molecule has 0 N–H and O–H groups in total. The van der Waals surface area contributed by atoms with E-state index in [1.165, 1.54) is 0 Å². The highest BCUT2D eigenvalue weighted by atomic mass is 16.6. The van der Waals surface area contributed by atoms with E-state index >= 15 is 0 Å². The standard InChI is InChI=1S/C26H28N2O6/c1-17(23(29)27-21(15-33-25(27)31)13-19-9-5-3-6-10-19)18(2)24(30)28-22(16-34-26(28)32)14-20-11-7-4-8-12-20/h3-12,17-18,21-22H,13-16H2,1-2H3/t17-,18-,21+,22+/m1/s1. The molecule has 8 heteroatoms. The molecule has 2 heterocycles. The fraction of sp³-hybridized carbons (Fsp3) is 0.385. The van der Waals surface area contributed by atoms with Crippen molar-refractivity contribution in [1.82, 2.24) is 9.80 Å². The van der Waals surface area contributed by atoms with Gasteiger partial charge in [0.15, 0.2) is 0 Å². The second-order valence-corrected chi connectivity index (χ2v) is 8.83. The van der Waals surface area contributed by atoms with E-state index in [0.29, 0.717) is 12.8 Å². The highest BCUT2D eigenvalue weighted by Crippen LogP contribution is 2.27. The van der Waals surface area contributed by atoms with Crippen molar-refractivity contribution in [2.24, 2.45) is 11.8 Å². The van der Waals surface area contributed by atoms with Crippen LogP contribution in [0.1, 0.15) is 25.0 Å². The zero-order valence-electron chi connectivity index (χ0n) is 19.3. The number of carbonyl (C=O) groups excluding carboxylic acids is 4. The van der Waals surface area contributed by atoms with E-state index in [4.69, 9.17) is 9.47 Å². The lowest BCUT2D eigenvalue weighted by atomic mass is 9.91. The van der Waals surface area contributed by atoms with Crippen LogP contribution in [0.15, 0.2) is 60.7 Å². The summed E-state index contributed by atoms with van der Waals surface area (Å²) in [4.78, 5) is 53.6.